The average molecular weight is 336 g/mol. The van der Waals surface area contributed by atoms with E-state index in [2.05, 4.69) is 58.5 Å². The van der Waals surface area contributed by atoms with Gasteiger partial charge in [0, 0.05) is 26.8 Å². The van der Waals surface area contributed by atoms with E-state index in [1.165, 1.54) is 38.2 Å². The standard InChI is InChI=1S/C16H18BrNS/c1-11-2-7-16(19-11)10-18-15-6-4-12-8-14(17)5-3-13(12)9-15/h2-3,5,7-8,15,18H,4,6,9-10H2,1H3. The van der Waals surface area contributed by atoms with Gasteiger partial charge in [-0.3, -0.25) is 0 Å². The lowest BCUT2D eigenvalue weighted by Gasteiger charge is -2.25. The van der Waals surface area contributed by atoms with Crippen LogP contribution in [0.1, 0.15) is 27.3 Å². The molecular formula is C16H18BrNS. The van der Waals surface area contributed by atoms with Crippen molar-refractivity contribution >= 4 is 27.3 Å². The molecule has 1 atom stereocenters. The lowest BCUT2D eigenvalue weighted by molar-refractivity contribution is 0.459. The number of benzene rings is 1. The van der Waals surface area contributed by atoms with Gasteiger partial charge in [-0.25, -0.2) is 0 Å². The molecule has 100 valence electrons. The van der Waals surface area contributed by atoms with Gasteiger partial charge >= 0.3 is 0 Å². The maximum absolute atomic E-state index is 3.71. The molecular weight excluding hydrogens is 318 g/mol. The van der Waals surface area contributed by atoms with E-state index in [4.69, 9.17) is 0 Å². The van der Waals surface area contributed by atoms with Crippen molar-refractivity contribution in [2.75, 3.05) is 0 Å². The average Bonchev–Trinajstić information content (AvgIpc) is 2.82. The maximum Gasteiger partial charge on any atom is 0.0302 e. The summed E-state index contributed by atoms with van der Waals surface area (Å²) in [7, 11) is 0. The molecule has 1 N–H and O–H groups in total. The topological polar surface area (TPSA) is 12.0 Å². The molecule has 0 amide bonds. The van der Waals surface area contributed by atoms with Crippen molar-refractivity contribution < 1.29 is 0 Å². The number of nitrogens with one attached hydrogen (secondary N) is 1. The fraction of sp³-hybridized carbons (Fsp3) is 0.375. The van der Waals surface area contributed by atoms with Gasteiger partial charge in [-0.2, -0.15) is 0 Å². The van der Waals surface area contributed by atoms with Crippen LogP contribution in [0.5, 0.6) is 0 Å². The number of thiophene rings is 1. The maximum atomic E-state index is 3.71. The van der Waals surface area contributed by atoms with Crippen LogP contribution in [0.4, 0.5) is 0 Å². The van der Waals surface area contributed by atoms with Crippen LogP contribution in [0, 0.1) is 6.92 Å². The SMILES string of the molecule is Cc1ccc(CNC2CCc3cc(Br)ccc3C2)s1. The number of hydrogen-bond acceptors (Lipinski definition) is 2. The predicted octanol–water partition coefficient (Wildman–Crippen LogP) is 4.47. The second-order valence-corrected chi connectivity index (χ2v) is 7.53. The summed E-state index contributed by atoms with van der Waals surface area (Å²) < 4.78 is 1.20. The first-order chi connectivity index (χ1) is 9.20. The first-order valence-corrected chi connectivity index (χ1v) is 8.37. The number of rotatable bonds is 3. The molecule has 1 aromatic heterocycles. The molecule has 1 aliphatic rings. The van der Waals surface area contributed by atoms with Crippen LogP contribution in [0.15, 0.2) is 34.8 Å². The van der Waals surface area contributed by atoms with E-state index in [0.29, 0.717) is 6.04 Å². The van der Waals surface area contributed by atoms with E-state index in [9.17, 15) is 0 Å². The lowest BCUT2D eigenvalue weighted by atomic mass is 9.88. The van der Waals surface area contributed by atoms with Crippen molar-refractivity contribution in [1.29, 1.82) is 0 Å². The zero-order chi connectivity index (χ0) is 13.2. The van der Waals surface area contributed by atoms with Gasteiger partial charge in [0.05, 0.1) is 0 Å². The molecule has 3 rings (SSSR count). The Balaban J connectivity index is 1.61. The summed E-state index contributed by atoms with van der Waals surface area (Å²) in [5.41, 5.74) is 3.02. The minimum absolute atomic E-state index is 0.621. The van der Waals surface area contributed by atoms with E-state index >= 15 is 0 Å². The van der Waals surface area contributed by atoms with Crippen LogP contribution in [0.2, 0.25) is 0 Å². The molecule has 0 radical (unpaired) electrons. The second-order valence-electron chi connectivity index (χ2n) is 5.25. The molecule has 1 nitrogen and oxygen atoms in total. The minimum atomic E-state index is 0.621. The predicted molar refractivity (Wildman–Crippen MR) is 85.9 cm³/mol. The highest BCUT2D eigenvalue weighted by Crippen LogP contribution is 2.25. The van der Waals surface area contributed by atoms with Crippen molar-refractivity contribution in [3.05, 3.63) is 55.7 Å². The molecule has 3 heteroatoms. The summed E-state index contributed by atoms with van der Waals surface area (Å²) >= 11 is 5.45. The summed E-state index contributed by atoms with van der Waals surface area (Å²) in [6.45, 7) is 3.18. The molecule has 0 saturated carbocycles. The number of fused-ring (bicyclic) bond motifs is 1. The number of hydrogen-bond donors (Lipinski definition) is 1. The molecule has 1 aliphatic carbocycles. The van der Waals surface area contributed by atoms with Crippen molar-refractivity contribution in [2.45, 2.75) is 38.8 Å². The van der Waals surface area contributed by atoms with Crippen LogP contribution in [0.3, 0.4) is 0 Å². The third-order valence-corrected chi connectivity index (χ3v) is 5.25. The Labute approximate surface area is 127 Å². The summed E-state index contributed by atoms with van der Waals surface area (Å²) in [6, 6.07) is 11.8. The highest BCUT2D eigenvalue weighted by molar-refractivity contribution is 9.10. The zero-order valence-electron chi connectivity index (χ0n) is 11.1. The zero-order valence-corrected chi connectivity index (χ0v) is 13.5. The Hall–Kier alpha value is -0.640. The fourth-order valence-electron chi connectivity index (χ4n) is 2.72. The van der Waals surface area contributed by atoms with Gasteiger partial charge in [-0.1, -0.05) is 22.0 Å². The van der Waals surface area contributed by atoms with Crippen molar-refractivity contribution in [3.8, 4) is 0 Å². The molecule has 0 aliphatic heterocycles. The molecule has 1 heterocycles. The van der Waals surface area contributed by atoms with Crippen LogP contribution < -0.4 is 5.32 Å². The van der Waals surface area contributed by atoms with Crippen LogP contribution >= 0.6 is 27.3 Å². The van der Waals surface area contributed by atoms with Crippen LogP contribution in [0.25, 0.3) is 0 Å². The summed E-state index contributed by atoms with van der Waals surface area (Å²) in [6.07, 6.45) is 3.59. The normalized spacial score (nSPS) is 18.3. The fourth-order valence-corrected chi connectivity index (χ4v) is 3.97. The lowest BCUT2D eigenvalue weighted by Crippen LogP contribution is -2.33. The van der Waals surface area contributed by atoms with E-state index in [1.54, 1.807) is 0 Å². The van der Waals surface area contributed by atoms with Crippen LogP contribution in [-0.2, 0) is 19.4 Å². The molecule has 1 aromatic carbocycles. The van der Waals surface area contributed by atoms with Gasteiger partial charge in [-0.05, 0) is 61.6 Å². The third kappa shape index (κ3) is 3.28. The van der Waals surface area contributed by atoms with Gasteiger partial charge in [0.15, 0.2) is 0 Å². The largest absolute Gasteiger partial charge is 0.309 e. The Bertz CT molecular complexity index is 576. The summed E-state index contributed by atoms with van der Waals surface area (Å²) in [4.78, 5) is 2.84. The highest BCUT2D eigenvalue weighted by atomic mass is 79.9. The molecule has 1 unspecified atom stereocenters. The molecule has 0 saturated heterocycles. The van der Waals surface area contributed by atoms with Gasteiger partial charge in [0.25, 0.3) is 0 Å². The highest BCUT2D eigenvalue weighted by Gasteiger charge is 2.18. The van der Waals surface area contributed by atoms with Gasteiger partial charge in [-0.15, -0.1) is 11.3 Å². The van der Waals surface area contributed by atoms with Gasteiger partial charge in [0.2, 0.25) is 0 Å². The third-order valence-electron chi connectivity index (χ3n) is 3.76. The van der Waals surface area contributed by atoms with Gasteiger partial charge in [0.1, 0.15) is 0 Å². The Morgan fingerprint density at radius 2 is 2.16 bits per heavy atom. The van der Waals surface area contributed by atoms with E-state index in [0.717, 1.165) is 13.0 Å². The second kappa shape index (κ2) is 5.78. The van der Waals surface area contributed by atoms with Gasteiger partial charge < -0.3 is 5.32 Å². The van der Waals surface area contributed by atoms with E-state index in [1.807, 2.05) is 11.3 Å². The summed E-state index contributed by atoms with van der Waals surface area (Å²) in [5, 5.41) is 3.71. The number of halogens is 1. The van der Waals surface area contributed by atoms with Crippen molar-refractivity contribution in [1.82, 2.24) is 5.32 Å². The quantitative estimate of drug-likeness (QED) is 0.872. The molecule has 0 bridgehead atoms. The molecule has 2 aromatic rings. The van der Waals surface area contributed by atoms with E-state index < -0.39 is 0 Å². The molecule has 0 spiro atoms. The first-order valence-electron chi connectivity index (χ1n) is 6.77. The van der Waals surface area contributed by atoms with Crippen LogP contribution in [-0.4, -0.2) is 6.04 Å². The molecule has 19 heavy (non-hydrogen) atoms. The number of aryl methyl sites for hydroxylation is 2. The Kier molecular flexibility index (Phi) is 4.06. The van der Waals surface area contributed by atoms with Crippen molar-refractivity contribution in [3.63, 3.8) is 0 Å². The molecule has 0 fully saturated rings. The van der Waals surface area contributed by atoms with Crippen molar-refractivity contribution in [2.24, 2.45) is 0 Å². The Morgan fingerprint density at radius 1 is 1.26 bits per heavy atom. The summed E-state index contributed by atoms with van der Waals surface area (Å²) in [5.74, 6) is 0. The first kappa shape index (κ1) is 13.3. The van der Waals surface area contributed by atoms with E-state index in [-0.39, 0.29) is 0 Å². The monoisotopic (exact) mass is 335 g/mol. The minimum Gasteiger partial charge on any atom is -0.309 e. The smallest absolute Gasteiger partial charge is 0.0302 e. The Morgan fingerprint density at radius 3 is 2.95 bits per heavy atom.